The van der Waals surface area contributed by atoms with E-state index in [1.54, 1.807) is 29.7 Å². The quantitative estimate of drug-likeness (QED) is 0.584. The Labute approximate surface area is 168 Å². The number of rotatable bonds is 4. The molecular weight excluding hydrogens is 399 g/mol. The number of benzene rings is 2. The molecule has 2 aromatic carbocycles. The number of ether oxygens (including phenoxy) is 1. The van der Waals surface area contributed by atoms with Crippen LogP contribution >= 0.6 is 0 Å². The standard InChI is InChI=1S/C20H21FN2O5S/c21-15-5-1-13(2-6-15)14-3-7-16(8-4-14)29(26,27)23-11-9-18-17(10-12-28-18)19(23)20(24)22-25/h1-8,17-19,25H,9-12H2,(H,22,24). The molecule has 2 fully saturated rings. The van der Waals surface area contributed by atoms with Gasteiger partial charge in [0.2, 0.25) is 10.0 Å². The second-order valence-corrected chi connectivity index (χ2v) is 9.11. The van der Waals surface area contributed by atoms with Crippen LogP contribution in [0.5, 0.6) is 0 Å². The minimum absolute atomic E-state index is 0.0523. The van der Waals surface area contributed by atoms with Gasteiger partial charge in [-0.1, -0.05) is 24.3 Å². The number of carbonyl (C=O) groups is 1. The molecule has 3 unspecified atom stereocenters. The summed E-state index contributed by atoms with van der Waals surface area (Å²) in [6.07, 6.45) is 0.856. The number of nitrogens with zero attached hydrogens (tertiary/aromatic N) is 1. The van der Waals surface area contributed by atoms with Gasteiger partial charge in [0.05, 0.1) is 11.0 Å². The van der Waals surface area contributed by atoms with Crippen LogP contribution in [0.4, 0.5) is 4.39 Å². The van der Waals surface area contributed by atoms with Gasteiger partial charge in [-0.3, -0.25) is 10.0 Å². The van der Waals surface area contributed by atoms with Crippen molar-refractivity contribution in [3.05, 3.63) is 54.3 Å². The number of hydrogen-bond donors (Lipinski definition) is 2. The monoisotopic (exact) mass is 420 g/mol. The minimum Gasteiger partial charge on any atom is -0.378 e. The highest BCUT2D eigenvalue weighted by molar-refractivity contribution is 7.89. The Morgan fingerprint density at radius 1 is 1.07 bits per heavy atom. The summed E-state index contributed by atoms with van der Waals surface area (Å²) in [6.45, 7) is 0.589. The maximum Gasteiger partial charge on any atom is 0.262 e. The maximum absolute atomic E-state index is 13.3. The number of piperidine rings is 1. The van der Waals surface area contributed by atoms with Gasteiger partial charge in [0.15, 0.2) is 0 Å². The maximum atomic E-state index is 13.3. The molecule has 2 aliphatic rings. The molecule has 0 radical (unpaired) electrons. The van der Waals surface area contributed by atoms with E-state index in [9.17, 15) is 17.6 Å². The molecule has 9 heteroatoms. The van der Waals surface area contributed by atoms with Gasteiger partial charge in [0, 0.05) is 19.1 Å². The number of carbonyl (C=O) groups excluding carboxylic acids is 1. The lowest BCUT2D eigenvalue weighted by Crippen LogP contribution is -2.58. The molecule has 2 aromatic rings. The third-order valence-electron chi connectivity index (χ3n) is 5.63. The van der Waals surface area contributed by atoms with E-state index in [4.69, 9.17) is 9.94 Å². The predicted octanol–water partition coefficient (Wildman–Crippen LogP) is 2.17. The van der Waals surface area contributed by atoms with Crippen LogP contribution in [0, 0.1) is 11.7 Å². The molecule has 0 aromatic heterocycles. The molecule has 29 heavy (non-hydrogen) atoms. The Kier molecular flexibility index (Phi) is 5.39. The van der Waals surface area contributed by atoms with E-state index in [-0.39, 0.29) is 29.3 Å². The largest absolute Gasteiger partial charge is 0.378 e. The fourth-order valence-electron chi connectivity index (χ4n) is 4.19. The number of amides is 1. The normalized spacial score (nSPS) is 24.8. The van der Waals surface area contributed by atoms with Crippen molar-refractivity contribution in [2.75, 3.05) is 13.2 Å². The molecule has 0 spiro atoms. The summed E-state index contributed by atoms with van der Waals surface area (Å²) >= 11 is 0. The Balaban J connectivity index is 1.64. The van der Waals surface area contributed by atoms with E-state index < -0.39 is 22.0 Å². The average molecular weight is 420 g/mol. The third-order valence-corrected chi connectivity index (χ3v) is 7.52. The van der Waals surface area contributed by atoms with Crippen LogP contribution in [0.25, 0.3) is 11.1 Å². The molecule has 154 valence electrons. The number of halogens is 1. The molecule has 2 aliphatic heterocycles. The third kappa shape index (κ3) is 3.66. The number of hydroxylamine groups is 1. The second-order valence-electron chi connectivity index (χ2n) is 7.22. The van der Waals surface area contributed by atoms with Crippen LogP contribution in [0.15, 0.2) is 53.4 Å². The van der Waals surface area contributed by atoms with Crippen molar-refractivity contribution in [2.24, 2.45) is 5.92 Å². The fraction of sp³-hybridized carbons (Fsp3) is 0.350. The van der Waals surface area contributed by atoms with Gasteiger partial charge in [-0.25, -0.2) is 18.3 Å². The number of hydrogen-bond acceptors (Lipinski definition) is 5. The summed E-state index contributed by atoms with van der Waals surface area (Å²) < 4.78 is 46.4. The number of nitrogens with one attached hydrogen (secondary N) is 1. The molecule has 2 heterocycles. The first-order valence-corrected chi connectivity index (χ1v) is 10.8. The topological polar surface area (TPSA) is 95.9 Å². The van der Waals surface area contributed by atoms with E-state index in [0.29, 0.717) is 19.4 Å². The lowest BCUT2D eigenvalue weighted by molar-refractivity contribution is -0.137. The lowest BCUT2D eigenvalue weighted by Gasteiger charge is -2.39. The molecule has 2 saturated heterocycles. The molecular formula is C20H21FN2O5S. The van der Waals surface area contributed by atoms with Gasteiger partial charge in [0.25, 0.3) is 5.91 Å². The van der Waals surface area contributed by atoms with E-state index in [2.05, 4.69) is 0 Å². The molecule has 4 rings (SSSR count). The lowest BCUT2D eigenvalue weighted by atomic mass is 9.87. The molecule has 7 nitrogen and oxygen atoms in total. The van der Waals surface area contributed by atoms with Gasteiger partial charge in [-0.2, -0.15) is 4.31 Å². The van der Waals surface area contributed by atoms with Crippen LogP contribution in [0.3, 0.4) is 0 Å². The summed E-state index contributed by atoms with van der Waals surface area (Å²) in [5, 5.41) is 9.15. The van der Waals surface area contributed by atoms with Crippen LogP contribution in [-0.2, 0) is 19.6 Å². The fourth-order valence-corrected chi connectivity index (χ4v) is 5.84. The van der Waals surface area contributed by atoms with Crippen molar-refractivity contribution in [1.29, 1.82) is 0 Å². The molecule has 3 atom stereocenters. The van der Waals surface area contributed by atoms with Crippen LogP contribution < -0.4 is 5.48 Å². The highest BCUT2D eigenvalue weighted by Gasteiger charge is 2.49. The second kappa shape index (κ2) is 7.83. The zero-order valence-corrected chi connectivity index (χ0v) is 16.3. The van der Waals surface area contributed by atoms with Gasteiger partial charge < -0.3 is 4.74 Å². The zero-order chi connectivity index (χ0) is 20.6. The zero-order valence-electron chi connectivity index (χ0n) is 15.5. The Bertz CT molecular complexity index is 995. The van der Waals surface area contributed by atoms with E-state index in [0.717, 1.165) is 15.4 Å². The van der Waals surface area contributed by atoms with Crippen molar-refractivity contribution < 1.29 is 27.5 Å². The summed E-state index contributed by atoms with van der Waals surface area (Å²) in [6, 6.07) is 11.1. The molecule has 0 saturated carbocycles. The Hall–Kier alpha value is -2.33. The van der Waals surface area contributed by atoms with Crippen LogP contribution in [-0.4, -0.2) is 49.1 Å². The van der Waals surface area contributed by atoms with Gasteiger partial charge >= 0.3 is 0 Å². The summed E-state index contributed by atoms with van der Waals surface area (Å²) in [7, 11) is -3.96. The van der Waals surface area contributed by atoms with Crippen LogP contribution in [0.2, 0.25) is 0 Å². The molecule has 1 amide bonds. The first-order chi connectivity index (χ1) is 13.9. The van der Waals surface area contributed by atoms with Gasteiger partial charge in [-0.05, 0) is 48.2 Å². The van der Waals surface area contributed by atoms with Crippen molar-refractivity contribution in [2.45, 2.75) is 29.9 Å². The summed E-state index contributed by atoms with van der Waals surface area (Å²) in [4.78, 5) is 12.4. The van der Waals surface area contributed by atoms with Crippen molar-refractivity contribution in [3.8, 4) is 11.1 Å². The summed E-state index contributed by atoms with van der Waals surface area (Å²) in [5.74, 6) is -1.40. The summed E-state index contributed by atoms with van der Waals surface area (Å²) in [5.41, 5.74) is 3.11. The SMILES string of the molecule is O=C(NO)C1C2CCOC2CCN1S(=O)(=O)c1ccc(-c2ccc(F)cc2)cc1. The predicted molar refractivity (Wildman–Crippen MR) is 102 cm³/mol. The highest BCUT2D eigenvalue weighted by atomic mass is 32.2. The average Bonchev–Trinajstić information content (AvgIpc) is 3.22. The number of fused-ring (bicyclic) bond motifs is 1. The van der Waals surface area contributed by atoms with Gasteiger partial charge in [-0.15, -0.1) is 0 Å². The van der Waals surface area contributed by atoms with Crippen LogP contribution in [0.1, 0.15) is 12.8 Å². The molecule has 0 bridgehead atoms. The van der Waals surface area contributed by atoms with E-state index >= 15 is 0 Å². The van der Waals surface area contributed by atoms with E-state index in [1.165, 1.54) is 24.3 Å². The van der Waals surface area contributed by atoms with E-state index in [1.807, 2.05) is 0 Å². The number of sulfonamides is 1. The molecule has 0 aliphatic carbocycles. The van der Waals surface area contributed by atoms with Crippen molar-refractivity contribution in [3.63, 3.8) is 0 Å². The molecule has 2 N–H and O–H groups in total. The smallest absolute Gasteiger partial charge is 0.262 e. The highest BCUT2D eigenvalue weighted by Crippen LogP contribution is 2.37. The van der Waals surface area contributed by atoms with Gasteiger partial charge in [0.1, 0.15) is 11.9 Å². The van der Waals surface area contributed by atoms with Crippen molar-refractivity contribution in [1.82, 2.24) is 9.79 Å². The first-order valence-electron chi connectivity index (χ1n) is 9.35. The van der Waals surface area contributed by atoms with Crippen molar-refractivity contribution >= 4 is 15.9 Å². The Morgan fingerprint density at radius 2 is 1.69 bits per heavy atom. The Morgan fingerprint density at radius 3 is 2.31 bits per heavy atom. The minimum atomic E-state index is -3.96. The first kappa shape index (κ1) is 20.0.